The van der Waals surface area contributed by atoms with Gasteiger partial charge in [-0.25, -0.2) is 0 Å². The Kier molecular flexibility index (Phi) is 5.36. The first-order valence-corrected chi connectivity index (χ1v) is 5.52. The molecule has 0 saturated carbocycles. The van der Waals surface area contributed by atoms with Crippen molar-refractivity contribution in [1.82, 2.24) is 5.32 Å². The minimum atomic E-state index is 0.00704. The predicted octanol–water partition coefficient (Wildman–Crippen LogP) is 2.10. The number of rotatable bonds is 5. The second-order valence-electron chi connectivity index (χ2n) is 3.11. The number of carbonyl (C=O) groups is 1. The van der Waals surface area contributed by atoms with Gasteiger partial charge in [0.15, 0.2) is 0 Å². The molecule has 82 valence electrons. The van der Waals surface area contributed by atoms with Crippen LogP contribution in [0.5, 0.6) is 0 Å². The summed E-state index contributed by atoms with van der Waals surface area (Å²) in [4.78, 5) is 11.3. The van der Waals surface area contributed by atoms with Crippen molar-refractivity contribution in [2.75, 3.05) is 13.7 Å². The van der Waals surface area contributed by atoms with Gasteiger partial charge >= 0.3 is 0 Å². The van der Waals surface area contributed by atoms with E-state index in [0.717, 1.165) is 10.0 Å². The van der Waals surface area contributed by atoms with E-state index >= 15 is 0 Å². The van der Waals surface area contributed by atoms with Crippen LogP contribution in [-0.2, 0) is 16.1 Å². The lowest BCUT2D eigenvalue weighted by atomic mass is 10.2. The Labute approximate surface area is 97.9 Å². The summed E-state index contributed by atoms with van der Waals surface area (Å²) < 4.78 is 5.83. The minimum absolute atomic E-state index is 0.00704. The molecule has 1 amide bonds. The quantitative estimate of drug-likeness (QED) is 0.891. The van der Waals surface area contributed by atoms with Crippen LogP contribution in [0.2, 0.25) is 0 Å². The van der Waals surface area contributed by atoms with Gasteiger partial charge in [-0.2, -0.15) is 0 Å². The van der Waals surface area contributed by atoms with Crippen LogP contribution in [0, 0.1) is 0 Å². The molecule has 0 saturated heterocycles. The number of amides is 1. The van der Waals surface area contributed by atoms with Gasteiger partial charge in [-0.1, -0.05) is 34.1 Å². The maximum atomic E-state index is 11.3. The number of benzene rings is 1. The molecule has 0 atom stereocenters. The Hall–Kier alpha value is -0.870. The van der Waals surface area contributed by atoms with Crippen LogP contribution in [0.1, 0.15) is 12.0 Å². The van der Waals surface area contributed by atoms with Crippen molar-refractivity contribution in [1.29, 1.82) is 0 Å². The van der Waals surface area contributed by atoms with Crippen molar-refractivity contribution in [3.05, 3.63) is 34.3 Å². The normalized spacial score (nSPS) is 10.0. The van der Waals surface area contributed by atoms with Crippen LogP contribution in [0.3, 0.4) is 0 Å². The Bertz CT molecular complexity index is 328. The molecular weight excluding hydrogens is 258 g/mol. The van der Waals surface area contributed by atoms with Gasteiger partial charge in [0, 0.05) is 24.5 Å². The highest BCUT2D eigenvalue weighted by Gasteiger charge is 2.02. The SMILES string of the molecule is COCCC(=O)NCc1ccccc1Br. The zero-order valence-corrected chi connectivity index (χ0v) is 10.2. The number of carbonyl (C=O) groups excluding carboxylic acids is 1. The molecule has 3 nitrogen and oxygen atoms in total. The molecule has 1 aromatic rings. The molecule has 0 radical (unpaired) electrons. The Morgan fingerprint density at radius 3 is 2.87 bits per heavy atom. The Balaban J connectivity index is 2.37. The highest BCUT2D eigenvalue weighted by molar-refractivity contribution is 9.10. The van der Waals surface area contributed by atoms with Gasteiger partial charge in [-0.3, -0.25) is 4.79 Å². The lowest BCUT2D eigenvalue weighted by molar-refractivity contribution is -0.122. The molecule has 4 heteroatoms. The Morgan fingerprint density at radius 1 is 1.47 bits per heavy atom. The molecular formula is C11H14BrNO2. The van der Waals surface area contributed by atoms with Crippen molar-refractivity contribution in [3.8, 4) is 0 Å². The summed E-state index contributed by atoms with van der Waals surface area (Å²) in [5.74, 6) is 0.00704. The van der Waals surface area contributed by atoms with E-state index in [2.05, 4.69) is 21.2 Å². The van der Waals surface area contributed by atoms with Crippen molar-refractivity contribution in [2.24, 2.45) is 0 Å². The van der Waals surface area contributed by atoms with E-state index in [4.69, 9.17) is 4.74 Å². The largest absolute Gasteiger partial charge is 0.384 e. The fraction of sp³-hybridized carbons (Fsp3) is 0.364. The summed E-state index contributed by atoms with van der Waals surface area (Å²) in [6.45, 7) is 1.01. The first kappa shape index (κ1) is 12.2. The van der Waals surface area contributed by atoms with E-state index < -0.39 is 0 Å². The molecule has 0 heterocycles. The molecule has 0 unspecified atom stereocenters. The van der Waals surface area contributed by atoms with Gasteiger partial charge in [0.1, 0.15) is 0 Å². The molecule has 0 fully saturated rings. The van der Waals surface area contributed by atoms with E-state index in [9.17, 15) is 4.79 Å². The van der Waals surface area contributed by atoms with Crippen LogP contribution in [-0.4, -0.2) is 19.6 Å². The molecule has 15 heavy (non-hydrogen) atoms. The van der Waals surface area contributed by atoms with Crippen LogP contribution in [0.25, 0.3) is 0 Å². The van der Waals surface area contributed by atoms with E-state index in [1.165, 1.54) is 0 Å². The van der Waals surface area contributed by atoms with Crippen molar-refractivity contribution < 1.29 is 9.53 Å². The van der Waals surface area contributed by atoms with E-state index in [-0.39, 0.29) is 5.91 Å². The van der Waals surface area contributed by atoms with E-state index in [1.54, 1.807) is 7.11 Å². The maximum Gasteiger partial charge on any atom is 0.222 e. The highest BCUT2D eigenvalue weighted by atomic mass is 79.9. The van der Waals surface area contributed by atoms with E-state index in [0.29, 0.717) is 19.6 Å². The van der Waals surface area contributed by atoms with E-state index in [1.807, 2.05) is 24.3 Å². The van der Waals surface area contributed by atoms with Gasteiger partial charge < -0.3 is 10.1 Å². The third-order valence-electron chi connectivity index (χ3n) is 1.97. The van der Waals surface area contributed by atoms with Gasteiger partial charge in [-0.05, 0) is 11.6 Å². The average molecular weight is 272 g/mol. The number of nitrogens with one attached hydrogen (secondary N) is 1. The molecule has 1 aromatic carbocycles. The molecule has 0 aliphatic rings. The van der Waals surface area contributed by atoms with Crippen LogP contribution in [0.4, 0.5) is 0 Å². The zero-order chi connectivity index (χ0) is 11.1. The first-order valence-electron chi connectivity index (χ1n) is 4.73. The van der Waals surface area contributed by atoms with Crippen molar-refractivity contribution >= 4 is 21.8 Å². The highest BCUT2D eigenvalue weighted by Crippen LogP contribution is 2.15. The summed E-state index contributed by atoms with van der Waals surface area (Å²) in [5.41, 5.74) is 1.07. The standard InChI is InChI=1S/C11H14BrNO2/c1-15-7-6-11(14)13-8-9-4-2-3-5-10(9)12/h2-5H,6-8H2,1H3,(H,13,14). The third kappa shape index (κ3) is 4.44. The van der Waals surface area contributed by atoms with Crippen LogP contribution in [0.15, 0.2) is 28.7 Å². The van der Waals surface area contributed by atoms with Gasteiger partial charge in [0.05, 0.1) is 6.61 Å². The molecule has 0 aliphatic heterocycles. The number of hydrogen-bond acceptors (Lipinski definition) is 2. The molecule has 0 spiro atoms. The second kappa shape index (κ2) is 6.58. The number of halogens is 1. The van der Waals surface area contributed by atoms with Gasteiger partial charge in [0.25, 0.3) is 0 Å². The summed E-state index contributed by atoms with van der Waals surface area (Å²) >= 11 is 3.42. The first-order chi connectivity index (χ1) is 7.24. The average Bonchev–Trinajstić information content (AvgIpc) is 2.25. The topological polar surface area (TPSA) is 38.3 Å². The fourth-order valence-corrected chi connectivity index (χ4v) is 1.54. The Morgan fingerprint density at radius 2 is 2.20 bits per heavy atom. The lowest BCUT2D eigenvalue weighted by Crippen LogP contribution is -2.23. The third-order valence-corrected chi connectivity index (χ3v) is 2.74. The minimum Gasteiger partial charge on any atom is -0.384 e. The second-order valence-corrected chi connectivity index (χ2v) is 3.97. The maximum absolute atomic E-state index is 11.3. The zero-order valence-electron chi connectivity index (χ0n) is 8.63. The van der Waals surface area contributed by atoms with Crippen LogP contribution < -0.4 is 5.32 Å². The van der Waals surface area contributed by atoms with Crippen molar-refractivity contribution in [3.63, 3.8) is 0 Å². The summed E-state index contributed by atoms with van der Waals surface area (Å²) in [6, 6.07) is 7.82. The predicted molar refractivity (Wildman–Crippen MR) is 62.5 cm³/mol. The summed E-state index contributed by atoms with van der Waals surface area (Å²) in [5, 5.41) is 2.83. The summed E-state index contributed by atoms with van der Waals surface area (Å²) in [7, 11) is 1.58. The van der Waals surface area contributed by atoms with Gasteiger partial charge in [0.2, 0.25) is 5.91 Å². The lowest BCUT2D eigenvalue weighted by Gasteiger charge is -2.06. The summed E-state index contributed by atoms with van der Waals surface area (Å²) in [6.07, 6.45) is 0.404. The molecule has 1 N–H and O–H groups in total. The number of methoxy groups -OCH3 is 1. The number of ether oxygens (including phenoxy) is 1. The smallest absolute Gasteiger partial charge is 0.222 e. The number of hydrogen-bond donors (Lipinski definition) is 1. The van der Waals surface area contributed by atoms with Crippen LogP contribution >= 0.6 is 15.9 Å². The molecule has 0 aliphatic carbocycles. The van der Waals surface area contributed by atoms with Gasteiger partial charge in [-0.15, -0.1) is 0 Å². The fourth-order valence-electron chi connectivity index (χ4n) is 1.12. The molecule has 0 bridgehead atoms. The molecule has 1 rings (SSSR count). The van der Waals surface area contributed by atoms with Crippen molar-refractivity contribution in [2.45, 2.75) is 13.0 Å². The monoisotopic (exact) mass is 271 g/mol. The molecule has 0 aromatic heterocycles.